The second kappa shape index (κ2) is 4.93. The number of hydrogen-bond donors (Lipinski definition) is 1. The van der Waals surface area contributed by atoms with Crippen LogP contribution in [0.25, 0.3) is 0 Å². The van der Waals surface area contributed by atoms with Crippen molar-refractivity contribution >= 4 is 0 Å². The van der Waals surface area contributed by atoms with Crippen molar-refractivity contribution in [3.8, 4) is 0 Å². The van der Waals surface area contributed by atoms with Gasteiger partial charge in [0.1, 0.15) is 5.82 Å². The zero-order valence-corrected chi connectivity index (χ0v) is 11.8. The van der Waals surface area contributed by atoms with Gasteiger partial charge in [-0.25, -0.2) is 4.98 Å². The molecule has 0 bridgehead atoms. The Hall–Kier alpha value is -0.830. The van der Waals surface area contributed by atoms with Crippen molar-refractivity contribution in [1.29, 1.82) is 0 Å². The molecule has 0 aromatic carbocycles. The zero-order chi connectivity index (χ0) is 12.7. The van der Waals surface area contributed by atoms with Gasteiger partial charge >= 0.3 is 0 Å². The van der Waals surface area contributed by atoms with E-state index in [1.54, 1.807) is 5.69 Å². The maximum atomic E-state index is 5.08. The maximum absolute atomic E-state index is 5.08. The summed E-state index contributed by atoms with van der Waals surface area (Å²) in [5.74, 6) is 2.21. The third kappa shape index (κ3) is 2.03. The predicted molar refractivity (Wildman–Crippen MR) is 76.4 cm³/mol. The average molecular weight is 259 g/mol. The molecule has 0 saturated heterocycles. The van der Waals surface area contributed by atoms with E-state index in [1.165, 1.54) is 69.3 Å². The lowest BCUT2D eigenvalue weighted by atomic mass is 9.87. The van der Waals surface area contributed by atoms with E-state index in [-0.39, 0.29) is 0 Å². The summed E-state index contributed by atoms with van der Waals surface area (Å²) in [6.45, 7) is 2.13. The van der Waals surface area contributed by atoms with Crippen LogP contribution < -0.4 is 5.32 Å². The molecule has 104 valence electrons. The van der Waals surface area contributed by atoms with Crippen molar-refractivity contribution in [2.24, 2.45) is 0 Å². The highest BCUT2D eigenvalue weighted by molar-refractivity contribution is 5.24. The first-order valence-electron chi connectivity index (χ1n) is 8.24. The molecule has 0 radical (unpaired) electrons. The van der Waals surface area contributed by atoms with Gasteiger partial charge in [0.2, 0.25) is 0 Å². The molecule has 1 aromatic rings. The highest BCUT2D eigenvalue weighted by Crippen LogP contribution is 2.40. The normalized spacial score (nSPS) is 25.1. The van der Waals surface area contributed by atoms with Gasteiger partial charge in [0.05, 0.1) is 5.69 Å². The first-order chi connectivity index (χ1) is 9.43. The molecule has 4 rings (SSSR count). The third-order valence-electron chi connectivity index (χ3n) is 5.36. The van der Waals surface area contributed by atoms with Crippen molar-refractivity contribution in [3.63, 3.8) is 0 Å². The van der Waals surface area contributed by atoms with Gasteiger partial charge in [0, 0.05) is 37.2 Å². The van der Waals surface area contributed by atoms with Gasteiger partial charge in [0.25, 0.3) is 0 Å². The molecule has 3 nitrogen and oxygen atoms in total. The molecule has 1 aromatic heterocycles. The molecule has 2 aliphatic carbocycles. The molecule has 2 saturated carbocycles. The Labute approximate surface area is 115 Å². The van der Waals surface area contributed by atoms with Gasteiger partial charge in [0.15, 0.2) is 0 Å². The van der Waals surface area contributed by atoms with Gasteiger partial charge < -0.3 is 9.88 Å². The number of aromatic nitrogens is 2. The van der Waals surface area contributed by atoms with Gasteiger partial charge in [-0.3, -0.25) is 0 Å². The topological polar surface area (TPSA) is 29.9 Å². The standard InChI is InChI=1S/C16H25N3/c1-2-5-12(6-3-1)16-18-14-11-17-10-9-15(14)19(16)13-7-4-8-13/h12-13,17H,1-11H2. The number of nitrogens with one attached hydrogen (secondary N) is 1. The smallest absolute Gasteiger partial charge is 0.112 e. The maximum Gasteiger partial charge on any atom is 0.112 e. The molecular formula is C16H25N3. The summed E-state index contributed by atoms with van der Waals surface area (Å²) >= 11 is 0. The lowest BCUT2D eigenvalue weighted by molar-refractivity contribution is 0.286. The number of fused-ring (bicyclic) bond motifs is 1. The van der Waals surface area contributed by atoms with Gasteiger partial charge in [-0.1, -0.05) is 19.3 Å². The Balaban J connectivity index is 1.73. The van der Waals surface area contributed by atoms with E-state index in [2.05, 4.69) is 9.88 Å². The van der Waals surface area contributed by atoms with Gasteiger partial charge in [-0.05, 0) is 32.1 Å². The largest absolute Gasteiger partial charge is 0.328 e. The van der Waals surface area contributed by atoms with Crippen LogP contribution in [0.5, 0.6) is 0 Å². The molecule has 0 unspecified atom stereocenters. The van der Waals surface area contributed by atoms with Crippen LogP contribution in [-0.4, -0.2) is 16.1 Å². The predicted octanol–water partition coefficient (Wildman–Crippen LogP) is 3.30. The van der Waals surface area contributed by atoms with Crippen LogP contribution in [0.1, 0.15) is 80.5 Å². The van der Waals surface area contributed by atoms with E-state index in [0.717, 1.165) is 25.0 Å². The lowest BCUT2D eigenvalue weighted by Crippen LogP contribution is -2.28. The Morgan fingerprint density at radius 3 is 2.58 bits per heavy atom. The minimum absolute atomic E-state index is 0.750. The molecule has 3 aliphatic rings. The fraction of sp³-hybridized carbons (Fsp3) is 0.812. The van der Waals surface area contributed by atoms with Crippen molar-refractivity contribution in [2.45, 2.75) is 76.3 Å². The number of nitrogens with zero attached hydrogens (tertiary/aromatic N) is 2. The molecule has 1 aliphatic heterocycles. The summed E-state index contributed by atoms with van der Waals surface area (Å²) in [6.07, 6.45) is 12.4. The first kappa shape index (κ1) is 12.0. The van der Waals surface area contributed by atoms with Crippen LogP contribution in [0.3, 0.4) is 0 Å². The Bertz CT molecular complexity index is 453. The highest BCUT2D eigenvalue weighted by Gasteiger charge is 2.31. The summed E-state index contributed by atoms with van der Waals surface area (Å²) in [4.78, 5) is 5.08. The van der Waals surface area contributed by atoms with Gasteiger partial charge in [-0.2, -0.15) is 0 Å². The summed E-state index contributed by atoms with van der Waals surface area (Å²) in [6, 6.07) is 0.784. The molecule has 2 heterocycles. The number of imidazole rings is 1. The van der Waals surface area contributed by atoms with Crippen LogP contribution in [0.2, 0.25) is 0 Å². The summed E-state index contributed by atoms with van der Waals surface area (Å²) in [5, 5.41) is 3.48. The Kier molecular flexibility index (Phi) is 3.10. The van der Waals surface area contributed by atoms with E-state index >= 15 is 0 Å². The molecule has 0 atom stereocenters. The van der Waals surface area contributed by atoms with E-state index in [1.807, 2.05) is 0 Å². The lowest BCUT2D eigenvalue weighted by Gasteiger charge is -2.33. The van der Waals surface area contributed by atoms with Crippen molar-refractivity contribution in [3.05, 3.63) is 17.2 Å². The van der Waals surface area contributed by atoms with Crippen molar-refractivity contribution < 1.29 is 0 Å². The van der Waals surface area contributed by atoms with E-state index < -0.39 is 0 Å². The quantitative estimate of drug-likeness (QED) is 0.883. The van der Waals surface area contributed by atoms with E-state index in [9.17, 15) is 0 Å². The SMILES string of the molecule is C1CCC(c2nc3c(n2C2CCC2)CCNC3)CC1. The second-order valence-corrected chi connectivity index (χ2v) is 6.58. The van der Waals surface area contributed by atoms with Crippen molar-refractivity contribution in [1.82, 2.24) is 14.9 Å². The summed E-state index contributed by atoms with van der Waals surface area (Å²) < 4.78 is 2.69. The minimum Gasteiger partial charge on any atom is -0.328 e. The van der Waals surface area contributed by atoms with E-state index in [0.29, 0.717) is 0 Å². The second-order valence-electron chi connectivity index (χ2n) is 6.58. The summed E-state index contributed by atoms with van der Waals surface area (Å²) in [5.41, 5.74) is 2.93. The molecule has 1 N–H and O–H groups in total. The highest BCUT2D eigenvalue weighted by atomic mass is 15.2. The van der Waals surface area contributed by atoms with Crippen molar-refractivity contribution in [2.75, 3.05) is 6.54 Å². The molecule has 0 spiro atoms. The Morgan fingerprint density at radius 2 is 1.84 bits per heavy atom. The minimum atomic E-state index is 0.750. The van der Waals surface area contributed by atoms with Crippen LogP contribution in [0, 0.1) is 0 Å². The zero-order valence-electron chi connectivity index (χ0n) is 11.8. The van der Waals surface area contributed by atoms with E-state index in [4.69, 9.17) is 4.98 Å². The number of rotatable bonds is 2. The number of hydrogen-bond acceptors (Lipinski definition) is 2. The summed E-state index contributed by atoms with van der Waals surface area (Å²) in [7, 11) is 0. The molecule has 3 heteroatoms. The van der Waals surface area contributed by atoms with Crippen LogP contribution in [0.4, 0.5) is 0 Å². The first-order valence-corrected chi connectivity index (χ1v) is 8.24. The monoisotopic (exact) mass is 259 g/mol. The fourth-order valence-corrected chi connectivity index (χ4v) is 4.05. The van der Waals surface area contributed by atoms with Crippen LogP contribution in [0.15, 0.2) is 0 Å². The third-order valence-corrected chi connectivity index (χ3v) is 5.36. The van der Waals surface area contributed by atoms with Crippen LogP contribution in [-0.2, 0) is 13.0 Å². The molecule has 0 amide bonds. The van der Waals surface area contributed by atoms with Crippen LogP contribution >= 0.6 is 0 Å². The van der Waals surface area contributed by atoms with Gasteiger partial charge in [-0.15, -0.1) is 0 Å². The fourth-order valence-electron chi connectivity index (χ4n) is 4.05. The molecule has 2 fully saturated rings. The molecule has 19 heavy (non-hydrogen) atoms. The molecular weight excluding hydrogens is 234 g/mol. The Morgan fingerprint density at radius 1 is 1.00 bits per heavy atom. The average Bonchev–Trinajstić information content (AvgIpc) is 2.78.